The van der Waals surface area contributed by atoms with Crippen molar-refractivity contribution < 1.29 is 0 Å². The second-order valence-corrected chi connectivity index (χ2v) is 5.22. The molecule has 0 amide bonds. The molecule has 6 nitrogen and oxygen atoms in total. The van der Waals surface area contributed by atoms with Crippen LogP contribution in [0.4, 0.5) is 11.9 Å². The van der Waals surface area contributed by atoms with Gasteiger partial charge in [0.05, 0.1) is 0 Å². The van der Waals surface area contributed by atoms with Gasteiger partial charge in [-0.2, -0.15) is 15.0 Å². The highest BCUT2D eigenvalue weighted by molar-refractivity contribution is 5.86. The summed E-state index contributed by atoms with van der Waals surface area (Å²) in [5.41, 5.74) is 7.04. The Kier molecular flexibility index (Phi) is 4.87. The molecule has 2 rings (SSSR count). The van der Waals surface area contributed by atoms with E-state index in [2.05, 4.69) is 39.1 Å². The first-order valence-corrected chi connectivity index (χ1v) is 7.42. The van der Waals surface area contributed by atoms with Gasteiger partial charge in [0, 0.05) is 30.6 Å². The van der Waals surface area contributed by atoms with E-state index in [0.29, 0.717) is 17.8 Å². The summed E-state index contributed by atoms with van der Waals surface area (Å²) in [6, 6.07) is 0. The zero-order chi connectivity index (χ0) is 14.5. The molecule has 0 aliphatic carbocycles. The molecular formula is C14H24N6. The lowest BCUT2D eigenvalue weighted by Crippen LogP contribution is -2.21. The van der Waals surface area contributed by atoms with Crippen LogP contribution >= 0.6 is 0 Å². The minimum absolute atomic E-state index is 0.286. The minimum atomic E-state index is 0.286. The summed E-state index contributed by atoms with van der Waals surface area (Å²) < 4.78 is 0. The molecule has 0 bridgehead atoms. The Morgan fingerprint density at radius 1 is 1.30 bits per heavy atom. The number of anilines is 2. The summed E-state index contributed by atoms with van der Waals surface area (Å²) in [5, 5.41) is 3.12. The predicted octanol–water partition coefficient (Wildman–Crippen LogP) is 2.25. The molecule has 0 saturated heterocycles. The van der Waals surface area contributed by atoms with E-state index < -0.39 is 0 Å². The van der Waals surface area contributed by atoms with Gasteiger partial charge in [0.1, 0.15) is 5.82 Å². The Labute approximate surface area is 120 Å². The number of rotatable bonds is 6. The van der Waals surface area contributed by atoms with E-state index in [9.17, 15) is 0 Å². The van der Waals surface area contributed by atoms with E-state index >= 15 is 0 Å². The molecule has 0 saturated carbocycles. The van der Waals surface area contributed by atoms with Crippen LogP contribution in [-0.4, -0.2) is 33.8 Å². The van der Waals surface area contributed by atoms with Gasteiger partial charge in [0.2, 0.25) is 11.9 Å². The third kappa shape index (κ3) is 3.23. The lowest BCUT2D eigenvalue weighted by atomic mass is 9.84. The molecule has 6 heteroatoms. The molecule has 1 aromatic rings. The van der Waals surface area contributed by atoms with Gasteiger partial charge in [-0.1, -0.05) is 13.3 Å². The van der Waals surface area contributed by atoms with E-state index in [1.165, 1.54) is 5.71 Å². The van der Waals surface area contributed by atoms with Crippen molar-refractivity contribution in [3.8, 4) is 0 Å². The molecule has 110 valence electrons. The van der Waals surface area contributed by atoms with Crippen molar-refractivity contribution in [1.82, 2.24) is 15.0 Å². The topological polar surface area (TPSA) is 89.1 Å². The fourth-order valence-electron chi connectivity index (χ4n) is 2.83. The van der Waals surface area contributed by atoms with Gasteiger partial charge in [-0.05, 0) is 26.7 Å². The first kappa shape index (κ1) is 14.7. The van der Waals surface area contributed by atoms with Crippen molar-refractivity contribution >= 4 is 17.6 Å². The molecule has 0 fully saturated rings. The standard InChI is InChI=1S/C14H24N6/c1-4-6-11(10-7-8-17-9(10)3)12-18-13(15)20-14(19-12)16-5-2/h10-11H,4-8H2,1-3H3,(H3,15,16,18,19,20). The molecule has 20 heavy (non-hydrogen) atoms. The molecule has 1 aliphatic rings. The number of nitrogen functional groups attached to an aromatic ring is 1. The molecule has 2 heterocycles. The minimum Gasteiger partial charge on any atom is -0.368 e. The Morgan fingerprint density at radius 2 is 2.10 bits per heavy atom. The van der Waals surface area contributed by atoms with Crippen LogP contribution in [0.1, 0.15) is 51.8 Å². The van der Waals surface area contributed by atoms with Crippen molar-refractivity contribution in [3.63, 3.8) is 0 Å². The fourth-order valence-corrected chi connectivity index (χ4v) is 2.83. The Bertz CT molecular complexity index is 485. The van der Waals surface area contributed by atoms with Crippen LogP contribution in [0.5, 0.6) is 0 Å². The van der Waals surface area contributed by atoms with Gasteiger partial charge >= 0.3 is 0 Å². The largest absolute Gasteiger partial charge is 0.368 e. The number of nitrogens with one attached hydrogen (secondary N) is 1. The number of nitrogens with zero attached hydrogens (tertiary/aromatic N) is 4. The number of hydrogen-bond donors (Lipinski definition) is 2. The molecule has 3 N–H and O–H groups in total. The van der Waals surface area contributed by atoms with E-state index in [1.54, 1.807) is 0 Å². The summed E-state index contributed by atoms with van der Waals surface area (Å²) >= 11 is 0. The van der Waals surface area contributed by atoms with Gasteiger partial charge in [-0.15, -0.1) is 0 Å². The molecule has 1 aromatic heterocycles. The van der Waals surface area contributed by atoms with E-state index in [1.807, 2.05) is 6.92 Å². The second kappa shape index (κ2) is 6.63. The maximum absolute atomic E-state index is 5.82. The van der Waals surface area contributed by atoms with E-state index in [4.69, 9.17) is 5.73 Å². The van der Waals surface area contributed by atoms with Crippen molar-refractivity contribution in [2.75, 3.05) is 24.1 Å². The van der Waals surface area contributed by atoms with Crippen LogP contribution in [0.3, 0.4) is 0 Å². The van der Waals surface area contributed by atoms with E-state index in [0.717, 1.165) is 38.2 Å². The first-order valence-electron chi connectivity index (χ1n) is 7.42. The molecule has 0 aromatic carbocycles. The van der Waals surface area contributed by atoms with Crippen molar-refractivity contribution in [1.29, 1.82) is 0 Å². The molecule has 0 spiro atoms. The quantitative estimate of drug-likeness (QED) is 0.831. The molecular weight excluding hydrogens is 252 g/mol. The number of aromatic nitrogens is 3. The lowest BCUT2D eigenvalue weighted by molar-refractivity contribution is 0.469. The number of hydrogen-bond acceptors (Lipinski definition) is 6. The smallest absolute Gasteiger partial charge is 0.227 e. The highest BCUT2D eigenvalue weighted by Gasteiger charge is 2.30. The maximum atomic E-state index is 5.82. The lowest BCUT2D eigenvalue weighted by Gasteiger charge is -2.22. The van der Waals surface area contributed by atoms with Crippen LogP contribution in [0.2, 0.25) is 0 Å². The van der Waals surface area contributed by atoms with Crippen LogP contribution in [0.15, 0.2) is 4.99 Å². The van der Waals surface area contributed by atoms with Gasteiger partial charge in [0.15, 0.2) is 0 Å². The maximum Gasteiger partial charge on any atom is 0.227 e. The van der Waals surface area contributed by atoms with E-state index in [-0.39, 0.29) is 5.92 Å². The zero-order valence-electron chi connectivity index (χ0n) is 12.6. The molecule has 2 unspecified atom stereocenters. The molecule has 0 radical (unpaired) electrons. The van der Waals surface area contributed by atoms with Crippen LogP contribution in [0.25, 0.3) is 0 Å². The first-order chi connectivity index (χ1) is 9.65. The SMILES string of the molecule is CCCC(c1nc(N)nc(NCC)n1)C1CCN=C1C. The van der Waals surface area contributed by atoms with Crippen LogP contribution in [-0.2, 0) is 0 Å². The van der Waals surface area contributed by atoms with Gasteiger partial charge in [-0.3, -0.25) is 4.99 Å². The average molecular weight is 276 g/mol. The van der Waals surface area contributed by atoms with Crippen LogP contribution < -0.4 is 11.1 Å². The van der Waals surface area contributed by atoms with Crippen molar-refractivity contribution in [3.05, 3.63) is 5.82 Å². The van der Waals surface area contributed by atoms with Gasteiger partial charge in [0.25, 0.3) is 0 Å². The third-order valence-corrected chi connectivity index (χ3v) is 3.76. The highest BCUT2D eigenvalue weighted by Crippen LogP contribution is 2.33. The molecule has 2 atom stereocenters. The average Bonchev–Trinajstić information content (AvgIpc) is 2.82. The third-order valence-electron chi connectivity index (χ3n) is 3.76. The Morgan fingerprint density at radius 3 is 2.70 bits per heavy atom. The summed E-state index contributed by atoms with van der Waals surface area (Å²) in [6.07, 6.45) is 3.22. The number of aliphatic imine (C=N–C) groups is 1. The second-order valence-electron chi connectivity index (χ2n) is 5.22. The summed E-state index contributed by atoms with van der Waals surface area (Å²) in [5.74, 6) is 2.39. The highest BCUT2D eigenvalue weighted by atomic mass is 15.2. The summed E-state index contributed by atoms with van der Waals surface area (Å²) in [4.78, 5) is 17.6. The fraction of sp³-hybridized carbons (Fsp3) is 0.714. The summed E-state index contributed by atoms with van der Waals surface area (Å²) in [6.45, 7) is 7.99. The van der Waals surface area contributed by atoms with Crippen molar-refractivity contribution in [2.24, 2.45) is 10.9 Å². The Balaban J connectivity index is 2.31. The van der Waals surface area contributed by atoms with Gasteiger partial charge in [-0.25, -0.2) is 0 Å². The zero-order valence-corrected chi connectivity index (χ0v) is 12.6. The normalized spacial score (nSPS) is 19.8. The predicted molar refractivity (Wildman–Crippen MR) is 82.1 cm³/mol. The van der Waals surface area contributed by atoms with Crippen molar-refractivity contribution in [2.45, 2.75) is 46.0 Å². The molecule has 1 aliphatic heterocycles. The van der Waals surface area contributed by atoms with Crippen LogP contribution in [0, 0.1) is 5.92 Å². The van der Waals surface area contributed by atoms with Gasteiger partial charge < -0.3 is 11.1 Å². The Hall–Kier alpha value is -1.72. The number of nitrogens with two attached hydrogens (primary N) is 1. The summed E-state index contributed by atoms with van der Waals surface area (Å²) in [7, 11) is 0. The monoisotopic (exact) mass is 276 g/mol.